The first kappa shape index (κ1) is 11.9. The second kappa shape index (κ2) is 5.55. The van der Waals surface area contributed by atoms with Gasteiger partial charge in [0.25, 0.3) is 0 Å². The molecular weight excluding hydrogens is 150 g/mol. The van der Waals surface area contributed by atoms with E-state index in [0.717, 1.165) is 19.6 Å². The first-order valence-corrected chi connectivity index (χ1v) is 4.61. The zero-order valence-electron chi connectivity index (χ0n) is 9.18. The van der Waals surface area contributed by atoms with Crippen molar-refractivity contribution in [3.8, 4) is 0 Å². The molecule has 0 rings (SSSR count). The van der Waals surface area contributed by atoms with Crippen molar-refractivity contribution < 1.29 is 4.74 Å². The number of methoxy groups -OCH3 is 1. The van der Waals surface area contributed by atoms with Gasteiger partial charge in [-0.25, -0.2) is 0 Å². The first-order valence-electron chi connectivity index (χ1n) is 4.61. The summed E-state index contributed by atoms with van der Waals surface area (Å²) in [6.45, 7) is 6.64. The molecular formula is C10H23NO. The van der Waals surface area contributed by atoms with Crippen LogP contribution in [-0.2, 0) is 4.74 Å². The van der Waals surface area contributed by atoms with Crippen LogP contribution < -0.4 is 0 Å². The van der Waals surface area contributed by atoms with Gasteiger partial charge in [0.1, 0.15) is 0 Å². The van der Waals surface area contributed by atoms with Gasteiger partial charge in [-0.15, -0.1) is 0 Å². The maximum absolute atomic E-state index is 5.07. The van der Waals surface area contributed by atoms with Crippen molar-refractivity contribution >= 4 is 0 Å². The molecule has 0 N–H and O–H groups in total. The first-order chi connectivity index (χ1) is 5.48. The summed E-state index contributed by atoms with van der Waals surface area (Å²) in [7, 11) is 6.00. The Morgan fingerprint density at radius 3 is 2.17 bits per heavy atom. The van der Waals surface area contributed by atoms with Crippen molar-refractivity contribution in [1.82, 2.24) is 4.90 Å². The van der Waals surface area contributed by atoms with Crippen LogP contribution in [0.25, 0.3) is 0 Å². The quantitative estimate of drug-likeness (QED) is 0.609. The van der Waals surface area contributed by atoms with Gasteiger partial charge in [0, 0.05) is 13.7 Å². The Morgan fingerprint density at radius 1 is 1.17 bits per heavy atom. The molecule has 0 aromatic carbocycles. The maximum Gasteiger partial charge on any atom is 0.0467 e. The van der Waals surface area contributed by atoms with Crippen molar-refractivity contribution in [2.45, 2.75) is 26.7 Å². The third kappa shape index (κ3) is 6.62. The highest BCUT2D eigenvalue weighted by molar-refractivity contribution is 4.69. The normalized spacial score (nSPS) is 12.5. The van der Waals surface area contributed by atoms with E-state index in [1.54, 1.807) is 7.11 Å². The fourth-order valence-corrected chi connectivity index (χ4v) is 1.03. The summed E-state index contributed by atoms with van der Waals surface area (Å²) in [6.07, 6.45) is 2.39. The van der Waals surface area contributed by atoms with Crippen LogP contribution in [0.5, 0.6) is 0 Å². The minimum atomic E-state index is 0.417. The fourth-order valence-electron chi connectivity index (χ4n) is 1.03. The third-order valence-corrected chi connectivity index (χ3v) is 2.22. The van der Waals surface area contributed by atoms with E-state index in [4.69, 9.17) is 4.74 Å². The predicted octanol–water partition coefficient (Wildman–Crippen LogP) is 2.00. The highest BCUT2D eigenvalue weighted by atomic mass is 16.5. The number of rotatable bonds is 6. The summed E-state index contributed by atoms with van der Waals surface area (Å²) < 4.78 is 5.07. The Kier molecular flexibility index (Phi) is 5.51. The van der Waals surface area contributed by atoms with Crippen molar-refractivity contribution in [2.75, 3.05) is 34.4 Å². The van der Waals surface area contributed by atoms with Crippen LogP contribution in [0.3, 0.4) is 0 Å². The second-order valence-electron chi connectivity index (χ2n) is 4.46. The monoisotopic (exact) mass is 173 g/mol. The molecule has 0 aliphatic rings. The topological polar surface area (TPSA) is 12.5 Å². The Morgan fingerprint density at radius 2 is 1.75 bits per heavy atom. The highest BCUT2D eigenvalue weighted by Gasteiger charge is 2.16. The molecule has 0 saturated heterocycles. The molecule has 0 saturated carbocycles. The van der Waals surface area contributed by atoms with Crippen LogP contribution in [0.15, 0.2) is 0 Å². The van der Waals surface area contributed by atoms with Gasteiger partial charge < -0.3 is 9.64 Å². The van der Waals surface area contributed by atoms with Crippen LogP contribution in [0.4, 0.5) is 0 Å². The lowest BCUT2D eigenvalue weighted by Crippen LogP contribution is -2.22. The van der Waals surface area contributed by atoms with E-state index in [-0.39, 0.29) is 0 Å². The van der Waals surface area contributed by atoms with Crippen molar-refractivity contribution in [1.29, 1.82) is 0 Å². The molecule has 0 amide bonds. The number of hydrogen-bond acceptors (Lipinski definition) is 2. The third-order valence-electron chi connectivity index (χ3n) is 2.22. The van der Waals surface area contributed by atoms with Gasteiger partial charge >= 0.3 is 0 Å². The van der Waals surface area contributed by atoms with Gasteiger partial charge in [-0.3, -0.25) is 0 Å². The van der Waals surface area contributed by atoms with Crippen molar-refractivity contribution in [3.05, 3.63) is 0 Å². The van der Waals surface area contributed by atoms with E-state index in [0.29, 0.717) is 5.41 Å². The fraction of sp³-hybridized carbons (Fsp3) is 1.00. The van der Waals surface area contributed by atoms with E-state index >= 15 is 0 Å². The van der Waals surface area contributed by atoms with Crippen molar-refractivity contribution in [2.24, 2.45) is 5.41 Å². The zero-order valence-corrected chi connectivity index (χ0v) is 9.18. The highest BCUT2D eigenvalue weighted by Crippen LogP contribution is 2.24. The Bertz CT molecular complexity index is 110. The minimum absolute atomic E-state index is 0.417. The summed E-state index contributed by atoms with van der Waals surface area (Å²) in [5.41, 5.74) is 0.417. The summed E-state index contributed by atoms with van der Waals surface area (Å²) in [4.78, 5) is 2.23. The molecule has 12 heavy (non-hydrogen) atoms. The molecule has 74 valence electrons. The lowest BCUT2D eigenvalue weighted by molar-refractivity contribution is 0.142. The molecule has 2 nitrogen and oxygen atoms in total. The van der Waals surface area contributed by atoms with E-state index in [9.17, 15) is 0 Å². The zero-order chi connectivity index (χ0) is 9.61. The lowest BCUT2D eigenvalue weighted by atomic mass is 9.86. The van der Waals surface area contributed by atoms with Crippen LogP contribution in [-0.4, -0.2) is 39.3 Å². The molecule has 0 unspecified atom stereocenters. The van der Waals surface area contributed by atoms with Gasteiger partial charge in [-0.2, -0.15) is 0 Å². The standard InChI is InChI=1S/C10H23NO/c1-10(2,7-9-12-5)6-8-11(3)4/h6-9H2,1-5H3. The maximum atomic E-state index is 5.07. The van der Waals surface area contributed by atoms with Gasteiger partial charge in [-0.05, 0) is 38.9 Å². The van der Waals surface area contributed by atoms with Gasteiger partial charge in [0.15, 0.2) is 0 Å². The largest absolute Gasteiger partial charge is 0.385 e. The smallest absolute Gasteiger partial charge is 0.0467 e. The summed E-state index contributed by atoms with van der Waals surface area (Å²) in [5.74, 6) is 0. The summed E-state index contributed by atoms with van der Waals surface area (Å²) in [5, 5.41) is 0. The Hall–Kier alpha value is -0.0800. The number of ether oxygens (including phenoxy) is 1. The summed E-state index contributed by atoms with van der Waals surface area (Å²) in [6, 6.07) is 0. The molecule has 0 aliphatic heterocycles. The number of nitrogens with zero attached hydrogens (tertiary/aromatic N) is 1. The van der Waals surface area contributed by atoms with Crippen LogP contribution in [0.1, 0.15) is 26.7 Å². The van der Waals surface area contributed by atoms with Crippen LogP contribution in [0, 0.1) is 5.41 Å². The van der Waals surface area contributed by atoms with E-state index < -0.39 is 0 Å². The van der Waals surface area contributed by atoms with E-state index in [1.807, 2.05) is 0 Å². The molecule has 0 radical (unpaired) electrons. The molecule has 2 heteroatoms. The molecule has 0 atom stereocenters. The SMILES string of the molecule is COCCC(C)(C)CCN(C)C. The minimum Gasteiger partial charge on any atom is -0.385 e. The van der Waals surface area contributed by atoms with Crippen LogP contribution in [0.2, 0.25) is 0 Å². The lowest BCUT2D eigenvalue weighted by Gasteiger charge is -2.25. The average molecular weight is 173 g/mol. The molecule has 0 heterocycles. The molecule has 0 aromatic rings. The number of hydrogen-bond donors (Lipinski definition) is 0. The van der Waals surface area contributed by atoms with Gasteiger partial charge in [-0.1, -0.05) is 13.8 Å². The molecule has 0 fully saturated rings. The molecule has 0 aliphatic carbocycles. The molecule has 0 spiro atoms. The predicted molar refractivity (Wildman–Crippen MR) is 53.4 cm³/mol. The summed E-state index contributed by atoms with van der Waals surface area (Å²) >= 11 is 0. The average Bonchev–Trinajstić information content (AvgIpc) is 1.98. The van der Waals surface area contributed by atoms with Crippen LogP contribution >= 0.6 is 0 Å². The van der Waals surface area contributed by atoms with E-state index in [2.05, 4.69) is 32.8 Å². The molecule has 0 bridgehead atoms. The second-order valence-corrected chi connectivity index (χ2v) is 4.46. The van der Waals surface area contributed by atoms with E-state index in [1.165, 1.54) is 6.42 Å². The van der Waals surface area contributed by atoms with Gasteiger partial charge in [0.2, 0.25) is 0 Å². The molecule has 0 aromatic heterocycles. The Labute approximate surface area is 76.9 Å². The van der Waals surface area contributed by atoms with Crippen molar-refractivity contribution in [3.63, 3.8) is 0 Å². The van der Waals surface area contributed by atoms with Gasteiger partial charge in [0.05, 0.1) is 0 Å². The Balaban J connectivity index is 3.56.